The van der Waals surface area contributed by atoms with Crippen LogP contribution in [0.15, 0.2) is 12.1 Å². The summed E-state index contributed by atoms with van der Waals surface area (Å²) in [6.45, 7) is 1.67. The Balaban J connectivity index is 2.17. The standard InChI is InChI=1S/C13H19F3N4/c1-19-5-3-4-10(19)8-20(2)12-7-9(13(14,15)16)6-11(17)18-12/h6-7,10H,3-5,8H2,1-2H3,(H2,17,18). The lowest BCUT2D eigenvalue weighted by Gasteiger charge is -2.27. The van der Waals surface area contributed by atoms with Gasteiger partial charge in [-0.1, -0.05) is 0 Å². The van der Waals surface area contributed by atoms with E-state index in [0.717, 1.165) is 31.5 Å². The van der Waals surface area contributed by atoms with Crippen molar-refractivity contribution in [3.63, 3.8) is 0 Å². The van der Waals surface area contributed by atoms with Gasteiger partial charge in [0.25, 0.3) is 0 Å². The third kappa shape index (κ3) is 3.33. The van der Waals surface area contributed by atoms with Crippen LogP contribution >= 0.6 is 0 Å². The molecule has 2 rings (SSSR count). The van der Waals surface area contributed by atoms with Gasteiger partial charge in [-0.2, -0.15) is 13.2 Å². The number of rotatable bonds is 3. The molecule has 2 heterocycles. The molecule has 0 bridgehead atoms. The van der Waals surface area contributed by atoms with Crippen molar-refractivity contribution >= 4 is 11.6 Å². The molecular formula is C13H19F3N4. The summed E-state index contributed by atoms with van der Waals surface area (Å²) in [5.74, 6) is 0.152. The van der Waals surface area contributed by atoms with Gasteiger partial charge in [-0.05, 0) is 38.6 Å². The topological polar surface area (TPSA) is 45.4 Å². The Hall–Kier alpha value is -1.50. The average molecular weight is 288 g/mol. The van der Waals surface area contributed by atoms with Crippen LogP contribution in [0.5, 0.6) is 0 Å². The summed E-state index contributed by atoms with van der Waals surface area (Å²) in [5, 5.41) is 0. The van der Waals surface area contributed by atoms with E-state index in [1.807, 2.05) is 7.05 Å². The van der Waals surface area contributed by atoms with Crippen LogP contribution in [0, 0.1) is 0 Å². The fourth-order valence-electron chi connectivity index (χ4n) is 2.52. The number of aromatic nitrogens is 1. The molecule has 20 heavy (non-hydrogen) atoms. The van der Waals surface area contributed by atoms with E-state index in [-0.39, 0.29) is 11.6 Å². The van der Waals surface area contributed by atoms with E-state index in [9.17, 15) is 13.2 Å². The molecule has 2 N–H and O–H groups in total. The SMILES string of the molecule is CN(CC1CCCN1C)c1cc(C(F)(F)F)cc(N)n1. The molecular weight excluding hydrogens is 269 g/mol. The molecule has 7 heteroatoms. The quantitative estimate of drug-likeness (QED) is 0.926. The maximum atomic E-state index is 12.8. The summed E-state index contributed by atoms with van der Waals surface area (Å²) >= 11 is 0. The average Bonchev–Trinajstić information content (AvgIpc) is 2.73. The van der Waals surface area contributed by atoms with Crippen molar-refractivity contribution < 1.29 is 13.2 Å². The third-order valence-electron chi connectivity index (χ3n) is 3.71. The Kier molecular flexibility index (Phi) is 4.08. The van der Waals surface area contributed by atoms with E-state index in [0.29, 0.717) is 12.6 Å². The summed E-state index contributed by atoms with van der Waals surface area (Å²) in [5.41, 5.74) is 4.72. The molecule has 1 aromatic heterocycles. The summed E-state index contributed by atoms with van der Waals surface area (Å²) in [6, 6.07) is 2.25. The Bertz CT molecular complexity index is 475. The lowest BCUT2D eigenvalue weighted by molar-refractivity contribution is -0.137. The molecule has 112 valence electrons. The number of likely N-dealkylation sites (N-methyl/N-ethyl adjacent to an activating group) is 2. The van der Waals surface area contributed by atoms with Crippen molar-refractivity contribution in [1.82, 2.24) is 9.88 Å². The van der Waals surface area contributed by atoms with Gasteiger partial charge in [0.15, 0.2) is 0 Å². The van der Waals surface area contributed by atoms with Crippen molar-refractivity contribution in [2.75, 3.05) is 37.8 Å². The Labute approximate surface area is 116 Å². The molecule has 0 aromatic carbocycles. The van der Waals surface area contributed by atoms with Crippen LogP contribution in [-0.4, -0.2) is 43.1 Å². The van der Waals surface area contributed by atoms with Crippen LogP contribution in [0.25, 0.3) is 0 Å². The number of nitrogens with two attached hydrogens (primary N) is 1. The highest BCUT2D eigenvalue weighted by Gasteiger charge is 2.32. The largest absolute Gasteiger partial charge is 0.416 e. The summed E-state index contributed by atoms with van der Waals surface area (Å²) in [7, 11) is 3.77. The third-order valence-corrected chi connectivity index (χ3v) is 3.71. The fourth-order valence-corrected chi connectivity index (χ4v) is 2.52. The molecule has 1 aliphatic heterocycles. The monoisotopic (exact) mass is 288 g/mol. The van der Waals surface area contributed by atoms with Crippen molar-refractivity contribution in [2.45, 2.75) is 25.1 Å². The van der Waals surface area contributed by atoms with Gasteiger partial charge < -0.3 is 15.5 Å². The second-order valence-corrected chi connectivity index (χ2v) is 5.29. The van der Waals surface area contributed by atoms with Crippen molar-refractivity contribution in [3.8, 4) is 0 Å². The van der Waals surface area contributed by atoms with Gasteiger partial charge in [-0.25, -0.2) is 4.98 Å². The van der Waals surface area contributed by atoms with Crippen LogP contribution in [0.3, 0.4) is 0 Å². The van der Waals surface area contributed by atoms with Crippen LogP contribution in [-0.2, 0) is 6.18 Å². The molecule has 0 radical (unpaired) electrons. The van der Waals surface area contributed by atoms with E-state index < -0.39 is 11.7 Å². The lowest BCUT2D eigenvalue weighted by Crippen LogP contribution is -2.37. The highest BCUT2D eigenvalue weighted by atomic mass is 19.4. The Morgan fingerprint density at radius 1 is 1.45 bits per heavy atom. The van der Waals surface area contributed by atoms with Crippen LogP contribution in [0.1, 0.15) is 18.4 Å². The van der Waals surface area contributed by atoms with E-state index in [4.69, 9.17) is 5.73 Å². The van der Waals surface area contributed by atoms with Gasteiger partial charge >= 0.3 is 6.18 Å². The van der Waals surface area contributed by atoms with E-state index in [1.54, 1.807) is 11.9 Å². The maximum Gasteiger partial charge on any atom is 0.416 e. The normalized spacial score (nSPS) is 20.4. The zero-order chi connectivity index (χ0) is 14.9. The number of halogens is 3. The Morgan fingerprint density at radius 3 is 2.70 bits per heavy atom. The molecule has 0 spiro atoms. The molecule has 0 amide bonds. The van der Waals surface area contributed by atoms with E-state index in [1.165, 1.54) is 0 Å². The first kappa shape index (κ1) is 14.9. The summed E-state index contributed by atoms with van der Waals surface area (Å²) < 4.78 is 38.3. The highest BCUT2D eigenvalue weighted by molar-refractivity contribution is 5.49. The predicted octanol–water partition coefficient (Wildman–Crippen LogP) is 2.21. The highest BCUT2D eigenvalue weighted by Crippen LogP contribution is 2.32. The number of nitrogen functional groups attached to an aromatic ring is 1. The smallest absolute Gasteiger partial charge is 0.384 e. The van der Waals surface area contributed by atoms with Crippen molar-refractivity contribution in [2.24, 2.45) is 0 Å². The van der Waals surface area contributed by atoms with Gasteiger partial charge in [0.1, 0.15) is 11.6 Å². The van der Waals surface area contributed by atoms with E-state index in [2.05, 4.69) is 9.88 Å². The minimum absolute atomic E-state index is 0.110. The molecule has 1 saturated heterocycles. The molecule has 1 unspecified atom stereocenters. The van der Waals surface area contributed by atoms with Crippen molar-refractivity contribution in [1.29, 1.82) is 0 Å². The summed E-state index contributed by atoms with van der Waals surface area (Å²) in [6.07, 6.45) is -2.24. The number of alkyl halides is 3. The molecule has 1 fully saturated rings. The molecule has 0 aliphatic carbocycles. The van der Waals surface area contributed by atoms with Crippen LogP contribution < -0.4 is 10.6 Å². The number of nitrogens with zero attached hydrogens (tertiary/aromatic N) is 3. The van der Waals surface area contributed by atoms with E-state index >= 15 is 0 Å². The maximum absolute atomic E-state index is 12.8. The van der Waals surface area contributed by atoms with Crippen molar-refractivity contribution in [3.05, 3.63) is 17.7 Å². The minimum atomic E-state index is -4.41. The first-order valence-corrected chi connectivity index (χ1v) is 6.53. The van der Waals surface area contributed by atoms with Gasteiger partial charge in [0.2, 0.25) is 0 Å². The molecule has 4 nitrogen and oxygen atoms in total. The molecule has 1 aliphatic rings. The Morgan fingerprint density at radius 2 is 2.15 bits per heavy atom. The number of hydrogen-bond acceptors (Lipinski definition) is 4. The first-order chi connectivity index (χ1) is 9.27. The number of hydrogen-bond donors (Lipinski definition) is 1. The minimum Gasteiger partial charge on any atom is -0.384 e. The number of pyridine rings is 1. The summed E-state index contributed by atoms with van der Waals surface area (Å²) in [4.78, 5) is 7.95. The zero-order valence-electron chi connectivity index (χ0n) is 11.6. The predicted molar refractivity (Wildman–Crippen MR) is 72.6 cm³/mol. The lowest BCUT2D eigenvalue weighted by atomic mass is 10.2. The van der Waals surface area contributed by atoms with Gasteiger partial charge in [-0.3, -0.25) is 0 Å². The molecule has 1 atom stereocenters. The van der Waals surface area contributed by atoms with Crippen LogP contribution in [0.4, 0.5) is 24.8 Å². The van der Waals surface area contributed by atoms with Gasteiger partial charge in [0, 0.05) is 19.6 Å². The molecule has 1 aromatic rings. The second kappa shape index (κ2) is 5.47. The molecule has 0 saturated carbocycles. The number of likely N-dealkylation sites (tertiary alicyclic amines) is 1. The second-order valence-electron chi connectivity index (χ2n) is 5.29. The van der Waals surface area contributed by atoms with Crippen LogP contribution in [0.2, 0.25) is 0 Å². The van der Waals surface area contributed by atoms with Gasteiger partial charge in [0.05, 0.1) is 5.56 Å². The van der Waals surface area contributed by atoms with Gasteiger partial charge in [-0.15, -0.1) is 0 Å². The fraction of sp³-hybridized carbons (Fsp3) is 0.615. The first-order valence-electron chi connectivity index (χ1n) is 6.53. The zero-order valence-corrected chi connectivity index (χ0v) is 11.6. The number of anilines is 2.